The van der Waals surface area contributed by atoms with Gasteiger partial charge in [-0.05, 0) is 88.6 Å². The Balaban J connectivity index is 1.51. The van der Waals surface area contributed by atoms with Gasteiger partial charge in [-0.1, -0.05) is 69.2 Å². The van der Waals surface area contributed by atoms with Crippen LogP contribution in [0.2, 0.25) is 0 Å². The molecule has 1 atom stereocenters. The van der Waals surface area contributed by atoms with Crippen LogP contribution in [0.3, 0.4) is 0 Å². The number of nitrogens with one attached hydrogen (secondary N) is 2. The van der Waals surface area contributed by atoms with Crippen molar-refractivity contribution in [3.63, 3.8) is 0 Å². The summed E-state index contributed by atoms with van der Waals surface area (Å²) in [4.78, 5) is 27.5. The Morgan fingerprint density at radius 1 is 1.09 bits per heavy atom. The molecule has 1 saturated carbocycles. The summed E-state index contributed by atoms with van der Waals surface area (Å²) < 4.78 is 31.9. The van der Waals surface area contributed by atoms with Crippen LogP contribution in [0.1, 0.15) is 109 Å². The molecule has 9 heteroatoms. The van der Waals surface area contributed by atoms with Gasteiger partial charge in [0.25, 0.3) is 0 Å². The number of hydrogen-bond acceptors (Lipinski definition) is 6. The quantitative estimate of drug-likeness (QED) is 0.121. The van der Waals surface area contributed by atoms with E-state index in [0.29, 0.717) is 19.4 Å². The van der Waals surface area contributed by atoms with Gasteiger partial charge in [0.2, 0.25) is 21.8 Å². The Hall–Kier alpha value is -2.65. The van der Waals surface area contributed by atoms with E-state index >= 15 is 0 Å². The molecule has 0 radical (unpaired) electrons. The summed E-state index contributed by atoms with van der Waals surface area (Å²) in [6, 6.07) is 6.02. The van der Waals surface area contributed by atoms with Crippen LogP contribution in [0.15, 0.2) is 42.0 Å². The predicted molar refractivity (Wildman–Crippen MR) is 178 cm³/mol. The fourth-order valence-electron chi connectivity index (χ4n) is 6.28. The number of benzene rings is 1. The molecule has 1 aliphatic heterocycles. The van der Waals surface area contributed by atoms with Gasteiger partial charge in [-0.2, -0.15) is 0 Å². The number of nitrogens with zero attached hydrogens (tertiary/aromatic N) is 1. The Kier molecular flexibility index (Phi) is 14.4. The average molecular weight is 630 g/mol. The van der Waals surface area contributed by atoms with Crippen LogP contribution in [0.4, 0.5) is 0 Å². The summed E-state index contributed by atoms with van der Waals surface area (Å²) in [7, 11) is -2.02. The minimum Gasteiger partial charge on any atom is -0.497 e. The molecule has 0 aromatic heterocycles. The Morgan fingerprint density at radius 2 is 1.84 bits per heavy atom. The number of carbonyl (C=O) groups is 2. The lowest BCUT2D eigenvalue weighted by Gasteiger charge is -2.27. The van der Waals surface area contributed by atoms with Gasteiger partial charge in [0.05, 0.1) is 12.4 Å². The third kappa shape index (κ3) is 11.4. The molecular weight excluding hydrogens is 574 g/mol. The Labute approximate surface area is 266 Å². The maximum absolute atomic E-state index is 12.7. The van der Waals surface area contributed by atoms with Crippen molar-refractivity contribution >= 4 is 21.8 Å². The van der Waals surface area contributed by atoms with Crippen LogP contribution in [0.5, 0.6) is 5.75 Å². The van der Waals surface area contributed by atoms with Crippen LogP contribution in [0.25, 0.3) is 0 Å². The number of aryl methyl sites for hydroxylation is 1. The Bertz CT molecular complexity index is 1250. The highest BCUT2D eigenvalue weighted by molar-refractivity contribution is 7.90. The van der Waals surface area contributed by atoms with Gasteiger partial charge >= 0.3 is 0 Å². The van der Waals surface area contributed by atoms with Crippen LogP contribution in [0, 0.1) is 5.92 Å². The van der Waals surface area contributed by atoms with E-state index in [2.05, 4.69) is 21.5 Å². The molecule has 8 nitrogen and oxygen atoms in total. The maximum Gasteiger partial charge on any atom is 0.246 e. The standard InChI is InChI=1S/C35H55N3O5S/c1-26(2)44(41,42)37-34(39)21-19-30-18-20-32(43-5)24-31(30)25-38-23-11-15-33(38)27(3)16-17-28(4)35(40)36-22-10-9-14-29-12-7-6-8-13-29/h17-18,20,24,26,29,33H,3,6-16,19,21-23,25H2,1-2,4-5H3,(H,36,40)(H,37,39)/b28-17+/t33-/m0/s1. The molecule has 1 heterocycles. The molecular formula is C35H55N3O5S. The van der Waals surface area contributed by atoms with Crippen molar-refractivity contribution < 1.29 is 22.7 Å². The molecule has 0 spiro atoms. The van der Waals surface area contributed by atoms with E-state index in [4.69, 9.17) is 4.74 Å². The molecule has 2 fully saturated rings. The second-order valence-corrected chi connectivity index (χ2v) is 15.1. The number of amides is 2. The zero-order chi connectivity index (χ0) is 32.1. The number of methoxy groups -OCH3 is 1. The largest absolute Gasteiger partial charge is 0.497 e. The van der Waals surface area contributed by atoms with Crippen molar-refractivity contribution in [3.05, 3.63) is 53.1 Å². The topological polar surface area (TPSA) is 105 Å². The summed E-state index contributed by atoms with van der Waals surface area (Å²) in [6.07, 6.45) is 15.6. The molecule has 1 aromatic rings. The van der Waals surface area contributed by atoms with Crippen molar-refractivity contribution in [3.8, 4) is 5.75 Å². The van der Waals surface area contributed by atoms with Crippen molar-refractivity contribution in [1.29, 1.82) is 0 Å². The van der Waals surface area contributed by atoms with Crippen molar-refractivity contribution in [1.82, 2.24) is 14.9 Å². The number of unbranched alkanes of at least 4 members (excludes halogenated alkanes) is 1. The number of sulfonamides is 1. The molecule has 2 amide bonds. The number of rotatable bonds is 17. The molecule has 3 rings (SSSR count). The third-order valence-corrected chi connectivity index (χ3v) is 11.0. The first-order valence-electron chi connectivity index (χ1n) is 16.6. The summed E-state index contributed by atoms with van der Waals surface area (Å²) in [5.41, 5.74) is 3.86. The molecule has 2 N–H and O–H groups in total. The van der Waals surface area contributed by atoms with E-state index in [-0.39, 0.29) is 18.4 Å². The first-order chi connectivity index (χ1) is 21.0. The van der Waals surface area contributed by atoms with Gasteiger partial charge in [0, 0.05) is 31.1 Å². The fraction of sp³-hybridized carbons (Fsp3) is 0.657. The summed E-state index contributed by atoms with van der Waals surface area (Å²) in [5, 5.41) is 2.42. The first kappa shape index (κ1) is 35.8. The predicted octanol–water partition coefficient (Wildman–Crippen LogP) is 6.21. The van der Waals surface area contributed by atoms with Crippen LogP contribution in [-0.4, -0.2) is 56.6 Å². The summed E-state index contributed by atoms with van der Waals surface area (Å²) in [5.74, 6) is 1.13. The van der Waals surface area contributed by atoms with E-state index < -0.39 is 21.2 Å². The lowest BCUT2D eigenvalue weighted by Crippen LogP contribution is -2.36. The first-order valence-corrected chi connectivity index (χ1v) is 18.1. The summed E-state index contributed by atoms with van der Waals surface area (Å²) in [6.45, 7) is 11.7. The van der Waals surface area contributed by atoms with E-state index in [1.165, 1.54) is 44.9 Å². The van der Waals surface area contributed by atoms with E-state index in [1.807, 2.05) is 31.2 Å². The molecule has 1 aliphatic carbocycles. The minimum absolute atomic E-state index is 0.00463. The molecule has 2 aliphatic rings. The average Bonchev–Trinajstić information content (AvgIpc) is 3.47. The van der Waals surface area contributed by atoms with Gasteiger partial charge in [0.1, 0.15) is 5.75 Å². The third-order valence-electron chi connectivity index (χ3n) is 9.20. The molecule has 44 heavy (non-hydrogen) atoms. The van der Waals surface area contributed by atoms with Crippen LogP contribution in [-0.2, 0) is 32.6 Å². The fourth-order valence-corrected chi connectivity index (χ4v) is 6.94. The second kappa shape index (κ2) is 17.7. The van der Waals surface area contributed by atoms with Crippen molar-refractivity contribution in [2.45, 2.75) is 122 Å². The van der Waals surface area contributed by atoms with Gasteiger partial charge in [-0.15, -0.1) is 0 Å². The lowest BCUT2D eigenvalue weighted by atomic mass is 9.86. The van der Waals surface area contributed by atoms with Gasteiger partial charge in [-0.3, -0.25) is 19.2 Å². The monoisotopic (exact) mass is 629 g/mol. The van der Waals surface area contributed by atoms with Crippen LogP contribution < -0.4 is 14.8 Å². The number of carbonyl (C=O) groups excluding carboxylic acids is 2. The van der Waals surface area contributed by atoms with Crippen LogP contribution >= 0.6 is 0 Å². The highest BCUT2D eigenvalue weighted by atomic mass is 32.2. The van der Waals surface area contributed by atoms with Crippen molar-refractivity contribution in [2.75, 3.05) is 20.2 Å². The lowest BCUT2D eigenvalue weighted by molar-refractivity contribution is -0.119. The number of hydrogen-bond donors (Lipinski definition) is 2. The number of allylic oxidation sites excluding steroid dienone is 1. The highest BCUT2D eigenvalue weighted by Gasteiger charge is 2.27. The second-order valence-electron chi connectivity index (χ2n) is 12.9. The zero-order valence-electron chi connectivity index (χ0n) is 27.5. The molecule has 1 saturated heterocycles. The molecule has 1 aromatic carbocycles. The summed E-state index contributed by atoms with van der Waals surface area (Å²) >= 11 is 0. The smallest absolute Gasteiger partial charge is 0.246 e. The normalized spacial score (nSPS) is 18.4. The van der Waals surface area contributed by atoms with Gasteiger partial charge < -0.3 is 10.1 Å². The Morgan fingerprint density at radius 3 is 2.55 bits per heavy atom. The van der Waals surface area contributed by atoms with E-state index in [0.717, 1.165) is 66.3 Å². The molecule has 0 unspecified atom stereocenters. The van der Waals surface area contributed by atoms with Gasteiger partial charge in [-0.25, -0.2) is 8.42 Å². The van der Waals surface area contributed by atoms with E-state index in [9.17, 15) is 18.0 Å². The highest BCUT2D eigenvalue weighted by Crippen LogP contribution is 2.30. The number of likely N-dealkylation sites (tertiary alicyclic amines) is 1. The zero-order valence-corrected chi connectivity index (χ0v) is 28.3. The van der Waals surface area contributed by atoms with E-state index in [1.54, 1.807) is 21.0 Å². The van der Waals surface area contributed by atoms with Gasteiger partial charge in [0.15, 0.2) is 0 Å². The SMILES string of the molecule is C=C(C/C=C(\C)C(=O)NCCCCC1CCCCC1)[C@@H]1CCCN1Cc1cc(OC)ccc1CCC(=O)NS(=O)(=O)C(C)C. The van der Waals surface area contributed by atoms with Crippen molar-refractivity contribution in [2.24, 2.45) is 5.92 Å². The number of ether oxygens (including phenoxy) is 1. The minimum atomic E-state index is -3.65. The molecule has 0 bridgehead atoms. The maximum atomic E-state index is 12.7. The molecule has 246 valence electrons.